The van der Waals surface area contributed by atoms with Crippen LogP contribution < -0.4 is 20.8 Å². The van der Waals surface area contributed by atoms with Crippen LogP contribution in [-0.4, -0.2) is 38.7 Å². The predicted molar refractivity (Wildman–Crippen MR) is 172 cm³/mol. The zero-order valence-corrected chi connectivity index (χ0v) is 26.3. The maximum atomic E-state index is 13.7. The summed E-state index contributed by atoms with van der Waals surface area (Å²) < 4.78 is 96.6. The molecule has 11 nitrogen and oxygen atoms in total. The molecule has 4 N–H and O–H groups in total. The Morgan fingerprint density at radius 1 is 0.769 bits per heavy atom. The number of anilines is 2. The van der Waals surface area contributed by atoms with Crippen molar-refractivity contribution in [1.82, 2.24) is 15.4 Å². The van der Waals surface area contributed by atoms with Crippen molar-refractivity contribution in [3.63, 3.8) is 0 Å². The molecule has 0 fully saturated rings. The number of carbonyl (C=O) groups excluding carboxylic acids is 2. The normalized spacial score (nSPS) is 11.1. The molecule has 2 heterocycles. The van der Waals surface area contributed by atoms with Gasteiger partial charge in [0, 0.05) is 30.2 Å². The standard InChI is InChI=1S/C19H11F5N2O2.C15H12F2N4O3/c20-12-6-7-16(15(21)10-12)26-17(27)14-5-2-8-25-18(14)28-13-4-1-3-11(9-13)19(22,23)24;1-8(13-12(14(22)23)3-2-4-18-13)20-21-15(24)19-11-6-9(16)5-10(17)7-11/h1-10H,(H,26,27);2-7H,1H3,(H,22,23)(H2,19,21,24)/b;20-8+. The summed E-state index contributed by atoms with van der Waals surface area (Å²) >= 11 is 0. The highest BCUT2D eigenvalue weighted by Crippen LogP contribution is 2.33. The highest BCUT2D eigenvalue weighted by molar-refractivity contribution is 6.06. The summed E-state index contributed by atoms with van der Waals surface area (Å²) in [5.41, 5.74) is 0.798. The van der Waals surface area contributed by atoms with Gasteiger partial charge in [0.2, 0.25) is 5.88 Å². The Hall–Kier alpha value is -6.85. The molecule has 0 unspecified atom stereocenters. The van der Waals surface area contributed by atoms with Crippen LogP contribution >= 0.6 is 0 Å². The number of nitrogens with one attached hydrogen (secondary N) is 3. The lowest BCUT2D eigenvalue weighted by Crippen LogP contribution is -2.26. The van der Waals surface area contributed by atoms with Crippen molar-refractivity contribution in [3.05, 3.63) is 143 Å². The molecular formula is C34H23F7N6O5. The molecule has 268 valence electrons. The number of alkyl halides is 3. The third kappa shape index (κ3) is 10.6. The number of aromatic nitrogens is 2. The van der Waals surface area contributed by atoms with Gasteiger partial charge in [-0.1, -0.05) is 6.07 Å². The van der Waals surface area contributed by atoms with Gasteiger partial charge in [-0.05, 0) is 73.7 Å². The second-order valence-corrected chi connectivity index (χ2v) is 10.2. The average Bonchev–Trinajstić information content (AvgIpc) is 3.08. The van der Waals surface area contributed by atoms with Crippen LogP contribution in [0.15, 0.2) is 102 Å². The van der Waals surface area contributed by atoms with Gasteiger partial charge in [0.1, 0.15) is 40.3 Å². The van der Waals surface area contributed by atoms with Crippen molar-refractivity contribution in [1.29, 1.82) is 0 Å². The zero-order valence-electron chi connectivity index (χ0n) is 26.3. The molecular weight excluding hydrogens is 705 g/mol. The summed E-state index contributed by atoms with van der Waals surface area (Å²) in [4.78, 5) is 42.9. The number of pyridine rings is 2. The maximum absolute atomic E-state index is 13.7. The third-order valence-corrected chi connectivity index (χ3v) is 6.40. The number of aromatic carboxylic acids is 1. The molecule has 0 bridgehead atoms. The van der Waals surface area contributed by atoms with Gasteiger partial charge in [-0.15, -0.1) is 0 Å². The Kier molecular flexibility index (Phi) is 12.2. The van der Waals surface area contributed by atoms with Crippen LogP contribution in [0, 0.1) is 23.3 Å². The SMILES string of the molecule is C/C(=N\NC(=O)Nc1cc(F)cc(F)c1)c1ncccc1C(=O)O.O=C(Nc1ccc(F)cc1F)c1cccnc1Oc1cccc(C(F)(F)F)c1. The van der Waals surface area contributed by atoms with Gasteiger partial charge in [-0.2, -0.15) is 18.3 Å². The lowest BCUT2D eigenvalue weighted by molar-refractivity contribution is -0.137. The molecule has 0 saturated carbocycles. The largest absolute Gasteiger partial charge is 0.478 e. The number of carboxylic acid groups (broad SMARTS) is 1. The topological polar surface area (TPSA) is 155 Å². The molecule has 52 heavy (non-hydrogen) atoms. The van der Waals surface area contributed by atoms with Crippen molar-refractivity contribution in [2.24, 2.45) is 5.10 Å². The molecule has 0 spiro atoms. The van der Waals surface area contributed by atoms with E-state index in [-0.39, 0.29) is 45.5 Å². The Labute approximate surface area is 288 Å². The summed E-state index contributed by atoms with van der Waals surface area (Å²) in [6.45, 7) is 1.46. The number of rotatable bonds is 8. The smallest absolute Gasteiger partial charge is 0.416 e. The van der Waals surface area contributed by atoms with E-state index < -0.39 is 52.9 Å². The molecule has 18 heteroatoms. The molecule has 0 aliphatic heterocycles. The van der Waals surface area contributed by atoms with Gasteiger partial charge in [0.05, 0.1) is 22.5 Å². The van der Waals surface area contributed by atoms with Gasteiger partial charge < -0.3 is 20.5 Å². The van der Waals surface area contributed by atoms with Crippen LogP contribution in [0.5, 0.6) is 11.6 Å². The van der Waals surface area contributed by atoms with Gasteiger partial charge in [-0.25, -0.2) is 37.6 Å². The van der Waals surface area contributed by atoms with Crippen molar-refractivity contribution < 1.29 is 55.0 Å². The number of ether oxygens (including phenoxy) is 1. The molecule has 0 aliphatic carbocycles. The second-order valence-electron chi connectivity index (χ2n) is 10.2. The summed E-state index contributed by atoms with van der Waals surface area (Å²) in [6.07, 6.45) is -1.90. The number of carboxylic acids is 1. The number of carbonyl (C=O) groups is 3. The Morgan fingerprint density at radius 2 is 1.44 bits per heavy atom. The highest BCUT2D eigenvalue weighted by Gasteiger charge is 2.31. The van der Waals surface area contributed by atoms with E-state index in [0.717, 1.165) is 42.5 Å². The second kappa shape index (κ2) is 16.7. The molecule has 3 amide bonds. The minimum Gasteiger partial charge on any atom is -0.478 e. The first kappa shape index (κ1) is 38.0. The van der Waals surface area contributed by atoms with Crippen molar-refractivity contribution in [2.45, 2.75) is 13.1 Å². The number of hydrazone groups is 1. The number of hydrogen-bond donors (Lipinski definition) is 4. The number of hydrogen-bond acceptors (Lipinski definition) is 7. The fraction of sp³-hybridized carbons (Fsp3) is 0.0588. The van der Waals surface area contributed by atoms with Crippen molar-refractivity contribution in [3.8, 4) is 11.6 Å². The number of benzene rings is 3. The molecule has 2 aromatic heterocycles. The summed E-state index contributed by atoms with van der Waals surface area (Å²) in [5.74, 6) is -5.97. The maximum Gasteiger partial charge on any atom is 0.416 e. The van der Waals surface area contributed by atoms with Crippen LogP contribution in [0.3, 0.4) is 0 Å². The Balaban J connectivity index is 0.000000236. The fourth-order valence-electron chi connectivity index (χ4n) is 4.11. The van der Waals surface area contributed by atoms with E-state index in [9.17, 15) is 45.1 Å². The summed E-state index contributed by atoms with van der Waals surface area (Å²) in [6, 6.07) is 13.8. The Morgan fingerprint density at radius 3 is 2.10 bits per heavy atom. The number of halogens is 7. The molecule has 0 saturated heterocycles. The fourth-order valence-corrected chi connectivity index (χ4v) is 4.11. The first-order valence-electron chi connectivity index (χ1n) is 14.4. The van der Waals surface area contributed by atoms with Crippen LogP contribution in [-0.2, 0) is 6.18 Å². The van der Waals surface area contributed by atoms with Crippen LogP contribution in [0.1, 0.15) is 38.9 Å². The molecule has 5 aromatic rings. The predicted octanol–water partition coefficient (Wildman–Crippen LogP) is 8.03. The third-order valence-electron chi connectivity index (χ3n) is 6.40. The van der Waals surface area contributed by atoms with E-state index in [2.05, 4.69) is 31.1 Å². The lowest BCUT2D eigenvalue weighted by Gasteiger charge is -2.12. The van der Waals surface area contributed by atoms with Crippen LogP contribution in [0.2, 0.25) is 0 Å². The summed E-state index contributed by atoms with van der Waals surface area (Å²) in [7, 11) is 0. The number of nitrogens with zero attached hydrogens (tertiary/aromatic N) is 3. The number of urea groups is 1. The first-order chi connectivity index (χ1) is 24.6. The minimum atomic E-state index is -4.57. The van der Waals surface area contributed by atoms with Crippen molar-refractivity contribution in [2.75, 3.05) is 10.6 Å². The zero-order chi connectivity index (χ0) is 38.0. The van der Waals surface area contributed by atoms with Gasteiger partial charge in [0.15, 0.2) is 0 Å². The molecule has 0 aliphatic rings. The molecule has 5 rings (SSSR count). The van der Waals surface area contributed by atoms with E-state index in [1.165, 1.54) is 49.6 Å². The van der Waals surface area contributed by atoms with E-state index in [1.54, 1.807) is 0 Å². The average molecular weight is 729 g/mol. The first-order valence-corrected chi connectivity index (χ1v) is 14.4. The molecule has 0 atom stereocenters. The minimum absolute atomic E-state index is 0.0758. The van der Waals surface area contributed by atoms with Crippen LogP contribution in [0.4, 0.5) is 46.9 Å². The number of amides is 3. The van der Waals surface area contributed by atoms with E-state index in [1.807, 2.05) is 0 Å². The highest BCUT2D eigenvalue weighted by atomic mass is 19.4. The monoisotopic (exact) mass is 728 g/mol. The Bertz CT molecular complexity index is 2130. The summed E-state index contributed by atoms with van der Waals surface area (Å²) in [5, 5.41) is 17.2. The van der Waals surface area contributed by atoms with E-state index >= 15 is 0 Å². The van der Waals surface area contributed by atoms with Gasteiger partial charge in [-0.3, -0.25) is 9.78 Å². The van der Waals surface area contributed by atoms with E-state index in [0.29, 0.717) is 12.1 Å². The molecule has 3 aromatic carbocycles. The lowest BCUT2D eigenvalue weighted by atomic mass is 10.1. The molecule has 0 radical (unpaired) electrons. The van der Waals surface area contributed by atoms with Crippen LogP contribution in [0.25, 0.3) is 0 Å². The van der Waals surface area contributed by atoms with E-state index in [4.69, 9.17) is 9.84 Å². The van der Waals surface area contributed by atoms with Gasteiger partial charge >= 0.3 is 18.2 Å². The quantitative estimate of drug-likeness (QED) is 0.0717. The van der Waals surface area contributed by atoms with Crippen molar-refractivity contribution >= 4 is 35.0 Å². The van der Waals surface area contributed by atoms with Gasteiger partial charge in [0.25, 0.3) is 5.91 Å².